The van der Waals surface area contributed by atoms with Gasteiger partial charge in [0.1, 0.15) is 0 Å². The van der Waals surface area contributed by atoms with Gasteiger partial charge in [-0.25, -0.2) is 0 Å². The van der Waals surface area contributed by atoms with Gasteiger partial charge in [0.05, 0.1) is 25.4 Å². The maximum absolute atomic E-state index is 9.52. The molecule has 1 aromatic carbocycles. The monoisotopic (exact) mass is 378 g/mol. The zero-order valence-corrected chi connectivity index (χ0v) is 16.9. The Morgan fingerprint density at radius 3 is 2.07 bits per heavy atom. The summed E-state index contributed by atoms with van der Waals surface area (Å²) in [5, 5.41) is 9.52. The average Bonchev–Trinajstić information content (AvgIpc) is 3.09. The van der Waals surface area contributed by atoms with Crippen LogP contribution in [0.15, 0.2) is 30.3 Å². The molecule has 5 heteroatoms. The maximum atomic E-state index is 9.52. The van der Waals surface area contributed by atoms with Crippen molar-refractivity contribution in [1.29, 1.82) is 0 Å². The fourth-order valence-electron chi connectivity index (χ4n) is 4.26. The first-order valence-electron chi connectivity index (χ1n) is 10.2. The minimum Gasteiger partial charge on any atom is -0.396 e. The molecule has 2 aliphatic rings. The van der Waals surface area contributed by atoms with Gasteiger partial charge in [-0.2, -0.15) is 0 Å². The number of benzene rings is 1. The summed E-state index contributed by atoms with van der Waals surface area (Å²) in [5.41, 5.74) is 1.27. The van der Waals surface area contributed by atoms with E-state index in [4.69, 9.17) is 18.9 Å². The minimum absolute atomic E-state index is 0.0266. The fourth-order valence-corrected chi connectivity index (χ4v) is 4.26. The Kier molecular flexibility index (Phi) is 7.29. The fraction of sp³-hybridized carbons (Fsp3) is 0.727. The van der Waals surface area contributed by atoms with Crippen LogP contribution in [-0.4, -0.2) is 49.7 Å². The third-order valence-corrected chi connectivity index (χ3v) is 6.29. The summed E-state index contributed by atoms with van der Waals surface area (Å²) < 4.78 is 24.1. The van der Waals surface area contributed by atoms with Gasteiger partial charge >= 0.3 is 0 Å². The van der Waals surface area contributed by atoms with E-state index in [-0.39, 0.29) is 55.1 Å². The van der Waals surface area contributed by atoms with E-state index in [1.165, 1.54) is 5.56 Å². The lowest BCUT2D eigenvalue weighted by Gasteiger charge is -2.23. The highest BCUT2D eigenvalue weighted by Gasteiger charge is 2.43. The van der Waals surface area contributed by atoms with Crippen LogP contribution < -0.4 is 0 Å². The van der Waals surface area contributed by atoms with Crippen LogP contribution >= 0.6 is 0 Å². The van der Waals surface area contributed by atoms with Crippen LogP contribution in [0.1, 0.15) is 33.3 Å². The van der Waals surface area contributed by atoms with Gasteiger partial charge in [-0.1, -0.05) is 44.2 Å². The SMILES string of the molecule is C[C@@H]1[C@H](OCCc2ccccc2)O[C@H](C)[C@H]1CO[C@H]1O[C@H](C)[C@@H](CO)[C@@H]1C. The summed E-state index contributed by atoms with van der Waals surface area (Å²) in [6.07, 6.45) is 0.554. The van der Waals surface area contributed by atoms with Crippen molar-refractivity contribution >= 4 is 0 Å². The van der Waals surface area contributed by atoms with Crippen LogP contribution in [0.2, 0.25) is 0 Å². The molecule has 2 fully saturated rings. The average molecular weight is 379 g/mol. The molecule has 0 aromatic heterocycles. The molecule has 0 unspecified atom stereocenters. The van der Waals surface area contributed by atoms with E-state index in [0.717, 1.165) is 6.42 Å². The molecule has 0 radical (unpaired) electrons. The van der Waals surface area contributed by atoms with Gasteiger partial charge in [-0.15, -0.1) is 0 Å². The third-order valence-electron chi connectivity index (χ3n) is 6.29. The summed E-state index contributed by atoms with van der Waals surface area (Å²) in [7, 11) is 0. The number of aliphatic hydroxyl groups is 1. The van der Waals surface area contributed by atoms with Crippen molar-refractivity contribution in [2.75, 3.05) is 19.8 Å². The topological polar surface area (TPSA) is 57.2 Å². The Morgan fingerprint density at radius 2 is 1.44 bits per heavy atom. The van der Waals surface area contributed by atoms with E-state index < -0.39 is 0 Å². The molecule has 1 aromatic rings. The van der Waals surface area contributed by atoms with Crippen LogP contribution in [0.5, 0.6) is 0 Å². The highest BCUT2D eigenvalue weighted by molar-refractivity contribution is 5.14. The molecule has 0 saturated carbocycles. The Morgan fingerprint density at radius 1 is 0.852 bits per heavy atom. The minimum atomic E-state index is -0.255. The lowest BCUT2D eigenvalue weighted by atomic mass is 9.92. The van der Waals surface area contributed by atoms with Gasteiger partial charge < -0.3 is 24.1 Å². The molecular formula is C22H34O5. The number of aliphatic hydroxyl groups excluding tert-OH is 1. The Hall–Kier alpha value is -0.980. The molecule has 0 amide bonds. The number of hydrogen-bond acceptors (Lipinski definition) is 5. The zero-order valence-electron chi connectivity index (χ0n) is 16.9. The second kappa shape index (κ2) is 9.48. The van der Waals surface area contributed by atoms with Crippen LogP contribution in [0.3, 0.4) is 0 Å². The Labute approximate surface area is 163 Å². The zero-order chi connectivity index (χ0) is 19.4. The summed E-state index contributed by atoms with van der Waals surface area (Å²) >= 11 is 0. The van der Waals surface area contributed by atoms with Gasteiger partial charge in [0.25, 0.3) is 0 Å². The van der Waals surface area contributed by atoms with Crippen molar-refractivity contribution in [3.05, 3.63) is 35.9 Å². The molecule has 0 spiro atoms. The number of hydrogen-bond donors (Lipinski definition) is 1. The molecule has 1 N–H and O–H groups in total. The molecule has 5 nitrogen and oxygen atoms in total. The van der Waals surface area contributed by atoms with Crippen LogP contribution in [-0.2, 0) is 25.4 Å². The molecule has 8 atom stereocenters. The normalized spacial score (nSPS) is 39.1. The molecule has 2 heterocycles. The predicted octanol–water partition coefficient (Wildman–Crippen LogP) is 3.25. The van der Waals surface area contributed by atoms with E-state index in [1.54, 1.807) is 0 Å². The lowest BCUT2D eigenvalue weighted by Crippen LogP contribution is -2.29. The van der Waals surface area contributed by atoms with E-state index >= 15 is 0 Å². The van der Waals surface area contributed by atoms with Gasteiger partial charge in [-0.05, 0) is 25.8 Å². The largest absolute Gasteiger partial charge is 0.396 e. The van der Waals surface area contributed by atoms with Crippen molar-refractivity contribution in [2.24, 2.45) is 23.7 Å². The van der Waals surface area contributed by atoms with Crippen molar-refractivity contribution in [3.8, 4) is 0 Å². The molecule has 2 aliphatic heterocycles. The van der Waals surface area contributed by atoms with E-state index in [1.807, 2.05) is 25.1 Å². The highest BCUT2D eigenvalue weighted by atomic mass is 16.7. The summed E-state index contributed by atoms with van der Waals surface area (Å²) in [4.78, 5) is 0. The van der Waals surface area contributed by atoms with Crippen molar-refractivity contribution < 1.29 is 24.1 Å². The van der Waals surface area contributed by atoms with Crippen molar-refractivity contribution in [3.63, 3.8) is 0 Å². The predicted molar refractivity (Wildman–Crippen MR) is 103 cm³/mol. The van der Waals surface area contributed by atoms with Crippen molar-refractivity contribution in [2.45, 2.75) is 58.9 Å². The molecular weight excluding hydrogens is 344 g/mol. The molecule has 0 aliphatic carbocycles. The van der Waals surface area contributed by atoms with Crippen LogP contribution in [0.25, 0.3) is 0 Å². The summed E-state index contributed by atoms with van der Waals surface area (Å²) in [6, 6.07) is 10.4. The van der Waals surface area contributed by atoms with Crippen molar-refractivity contribution in [1.82, 2.24) is 0 Å². The van der Waals surface area contributed by atoms with Gasteiger partial charge in [-0.3, -0.25) is 0 Å². The quantitative estimate of drug-likeness (QED) is 0.753. The van der Waals surface area contributed by atoms with Gasteiger partial charge in [0.15, 0.2) is 12.6 Å². The molecule has 3 rings (SSSR count). The Bertz CT molecular complexity index is 565. The second-order valence-electron chi connectivity index (χ2n) is 8.09. The van der Waals surface area contributed by atoms with Gasteiger partial charge in [0, 0.05) is 30.3 Å². The summed E-state index contributed by atoms with van der Waals surface area (Å²) in [5.74, 6) is 0.860. The van der Waals surface area contributed by atoms with Gasteiger partial charge in [0.2, 0.25) is 0 Å². The summed E-state index contributed by atoms with van der Waals surface area (Å²) in [6.45, 7) is 9.72. The molecule has 27 heavy (non-hydrogen) atoms. The Balaban J connectivity index is 1.45. The first kappa shape index (κ1) is 20.7. The van der Waals surface area contributed by atoms with Crippen LogP contribution in [0, 0.1) is 23.7 Å². The maximum Gasteiger partial charge on any atom is 0.160 e. The first-order chi connectivity index (χ1) is 13.0. The molecule has 0 bridgehead atoms. The van der Waals surface area contributed by atoms with E-state index in [0.29, 0.717) is 13.2 Å². The molecule has 152 valence electrons. The second-order valence-corrected chi connectivity index (χ2v) is 8.09. The number of rotatable bonds is 8. The third kappa shape index (κ3) is 4.90. The lowest BCUT2D eigenvalue weighted by molar-refractivity contribution is -0.156. The number of ether oxygens (including phenoxy) is 4. The highest BCUT2D eigenvalue weighted by Crippen LogP contribution is 2.36. The van der Waals surface area contributed by atoms with E-state index in [2.05, 4.69) is 32.9 Å². The molecule has 2 saturated heterocycles. The smallest absolute Gasteiger partial charge is 0.160 e. The standard InChI is InChI=1S/C22H34O5/c1-14-19(12-23)16(3)26-22(14)25-13-20-15(2)21(27-17(20)4)24-11-10-18-8-6-5-7-9-18/h5-9,14-17,19-23H,10-13H2,1-4H3/t14-,15-,16+,17+,19-,20-,21+,22-/m0/s1. The van der Waals surface area contributed by atoms with Crippen LogP contribution in [0.4, 0.5) is 0 Å². The first-order valence-corrected chi connectivity index (χ1v) is 10.2. The van der Waals surface area contributed by atoms with E-state index in [9.17, 15) is 5.11 Å².